The minimum atomic E-state index is -0.465. The fourth-order valence-corrected chi connectivity index (χ4v) is 1.65. The van der Waals surface area contributed by atoms with E-state index in [1.165, 1.54) is 26.2 Å². The third kappa shape index (κ3) is 3.19. The largest absolute Gasteiger partial charge is 0.496 e. The zero-order valence-electron chi connectivity index (χ0n) is 10.7. The average Bonchev–Trinajstić information content (AvgIpc) is 2.35. The summed E-state index contributed by atoms with van der Waals surface area (Å²) in [6.07, 6.45) is 0. The number of nitro benzene ring substituents is 1. The van der Waals surface area contributed by atoms with E-state index in [0.717, 1.165) is 0 Å². The van der Waals surface area contributed by atoms with Gasteiger partial charge in [-0.15, -0.1) is 0 Å². The van der Waals surface area contributed by atoms with E-state index in [1.54, 1.807) is 11.0 Å². The van der Waals surface area contributed by atoms with Gasteiger partial charge in [0.25, 0.3) is 5.69 Å². The number of ether oxygens (including phenoxy) is 1. The van der Waals surface area contributed by atoms with Crippen LogP contribution in [0, 0.1) is 10.1 Å². The third-order valence-corrected chi connectivity index (χ3v) is 2.66. The Morgan fingerprint density at radius 2 is 2.17 bits per heavy atom. The molecule has 0 aliphatic carbocycles. The number of nitrogens with zero attached hydrogens (tertiary/aromatic N) is 2. The molecule has 0 bridgehead atoms. The highest BCUT2D eigenvalue weighted by atomic mass is 16.6. The second kappa shape index (κ2) is 6.00. The Morgan fingerprint density at radius 1 is 1.50 bits per heavy atom. The van der Waals surface area contributed by atoms with E-state index in [-0.39, 0.29) is 11.6 Å². The predicted octanol–water partition coefficient (Wildman–Crippen LogP) is 1.97. The standard InChI is InChI=1S/C12H16N2O4/c1-4-13(9(2)15)8-10-7-11(14(16)17)5-6-12(10)18-3/h5-7H,4,8H2,1-3H3. The fourth-order valence-electron chi connectivity index (χ4n) is 1.65. The molecule has 0 fully saturated rings. The van der Waals surface area contributed by atoms with Gasteiger partial charge in [0.2, 0.25) is 5.91 Å². The third-order valence-electron chi connectivity index (χ3n) is 2.66. The Morgan fingerprint density at radius 3 is 2.61 bits per heavy atom. The van der Waals surface area contributed by atoms with Gasteiger partial charge in [-0.25, -0.2) is 0 Å². The summed E-state index contributed by atoms with van der Waals surface area (Å²) >= 11 is 0. The molecule has 0 N–H and O–H groups in total. The van der Waals surface area contributed by atoms with Crippen molar-refractivity contribution in [2.75, 3.05) is 13.7 Å². The predicted molar refractivity (Wildman–Crippen MR) is 66.4 cm³/mol. The van der Waals surface area contributed by atoms with Crippen molar-refractivity contribution in [1.29, 1.82) is 0 Å². The first-order chi connectivity index (χ1) is 8.49. The second-order valence-corrected chi connectivity index (χ2v) is 3.79. The van der Waals surface area contributed by atoms with Crippen LogP contribution in [0.3, 0.4) is 0 Å². The highest BCUT2D eigenvalue weighted by Gasteiger charge is 2.15. The van der Waals surface area contributed by atoms with Gasteiger partial charge in [-0.1, -0.05) is 0 Å². The van der Waals surface area contributed by atoms with Crippen molar-refractivity contribution in [3.63, 3.8) is 0 Å². The fraction of sp³-hybridized carbons (Fsp3) is 0.417. The Hall–Kier alpha value is -2.11. The highest BCUT2D eigenvalue weighted by Crippen LogP contribution is 2.25. The highest BCUT2D eigenvalue weighted by molar-refractivity contribution is 5.73. The second-order valence-electron chi connectivity index (χ2n) is 3.79. The summed E-state index contributed by atoms with van der Waals surface area (Å²) in [4.78, 5) is 23.2. The van der Waals surface area contributed by atoms with E-state index < -0.39 is 4.92 Å². The summed E-state index contributed by atoms with van der Waals surface area (Å²) in [6, 6.07) is 4.36. The topological polar surface area (TPSA) is 72.7 Å². The van der Waals surface area contributed by atoms with Crippen LogP contribution in [0.15, 0.2) is 18.2 Å². The molecule has 0 saturated heterocycles. The van der Waals surface area contributed by atoms with Crippen LogP contribution >= 0.6 is 0 Å². The maximum atomic E-state index is 11.3. The lowest BCUT2D eigenvalue weighted by Crippen LogP contribution is -2.27. The molecule has 0 atom stereocenters. The van der Waals surface area contributed by atoms with E-state index in [0.29, 0.717) is 24.4 Å². The van der Waals surface area contributed by atoms with E-state index in [2.05, 4.69) is 0 Å². The van der Waals surface area contributed by atoms with E-state index in [4.69, 9.17) is 4.74 Å². The molecule has 0 aliphatic rings. The number of non-ortho nitro benzene ring substituents is 1. The molecule has 0 spiro atoms. The molecule has 1 rings (SSSR count). The van der Waals surface area contributed by atoms with Crippen molar-refractivity contribution in [2.45, 2.75) is 20.4 Å². The monoisotopic (exact) mass is 252 g/mol. The van der Waals surface area contributed by atoms with Gasteiger partial charge in [0.05, 0.1) is 12.0 Å². The molecule has 18 heavy (non-hydrogen) atoms. The molecule has 0 aromatic heterocycles. The van der Waals surface area contributed by atoms with Crippen molar-refractivity contribution < 1.29 is 14.5 Å². The first-order valence-electron chi connectivity index (χ1n) is 5.56. The van der Waals surface area contributed by atoms with Crippen molar-refractivity contribution in [3.05, 3.63) is 33.9 Å². The normalized spacial score (nSPS) is 9.94. The lowest BCUT2D eigenvalue weighted by Gasteiger charge is -2.20. The molecular formula is C12H16N2O4. The zero-order valence-corrected chi connectivity index (χ0v) is 10.7. The summed E-state index contributed by atoms with van der Waals surface area (Å²) in [6.45, 7) is 4.16. The molecule has 1 amide bonds. The summed E-state index contributed by atoms with van der Waals surface area (Å²) in [7, 11) is 1.49. The van der Waals surface area contributed by atoms with Crippen LogP contribution in [0.5, 0.6) is 5.75 Å². The molecule has 0 heterocycles. The number of carbonyl (C=O) groups excluding carboxylic acids is 1. The van der Waals surface area contributed by atoms with E-state index >= 15 is 0 Å². The van der Waals surface area contributed by atoms with Gasteiger partial charge in [0.1, 0.15) is 5.75 Å². The summed E-state index contributed by atoms with van der Waals surface area (Å²) in [5, 5.41) is 10.7. The smallest absolute Gasteiger partial charge is 0.270 e. The summed E-state index contributed by atoms with van der Waals surface area (Å²) in [5.74, 6) is 0.464. The number of nitro groups is 1. The molecule has 0 saturated carbocycles. The van der Waals surface area contributed by atoms with Crippen LogP contribution in [0.25, 0.3) is 0 Å². The summed E-state index contributed by atoms with van der Waals surface area (Å²) in [5.41, 5.74) is 0.620. The molecule has 1 aromatic carbocycles. The maximum absolute atomic E-state index is 11.3. The van der Waals surface area contributed by atoms with Gasteiger partial charge < -0.3 is 9.64 Å². The van der Waals surface area contributed by atoms with Crippen LogP contribution in [0.2, 0.25) is 0 Å². The van der Waals surface area contributed by atoms with Gasteiger partial charge in [0.15, 0.2) is 0 Å². The number of methoxy groups -OCH3 is 1. The number of amides is 1. The number of hydrogen-bond acceptors (Lipinski definition) is 4. The number of rotatable bonds is 5. The van der Waals surface area contributed by atoms with E-state index in [9.17, 15) is 14.9 Å². The van der Waals surface area contributed by atoms with Crippen molar-refractivity contribution >= 4 is 11.6 Å². The number of carbonyl (C=O) groups is 1. The average molecular weight is 252 g/mol. The first-order valence-corrected chi connectivity index (χ1v) is 5.56. The molecule has 6 heteroatoms. The van der Waals surface area contributed by atoms with Crippen LogP contribution < -0.4 is 4.74 Å². The molecule has 98 valence electrons. The molecule has 1 aromatic rings. The van der Waals surface area contributed by atoms with Crippen LogP contribution in [0.1, 0.15) is 19.4 Å². The molecule has 6 nitrogen and oxygen atoms in total. The van der Waals surface area contributed by atoms with Gasteiger partial charge >= 0.3 is 0 Å². The Kier molecular flexibility index (Phi) is 4.65. The zero-order chi connectivity index (χ0) is 13.7. The maximum Gasteiger partial charge on any atom is 0.270 e. The molecule has 0 radical (unpaired) electrons. The first kappa shape index (κ1) is 14.0. The number of hydrogen-bond donors (Lipinski definition) is 0. The van der Waals surface area contributed by atoms with Gasteiger partial charge in [-0.2, -0.15) is 0 Å². The quantitative estimate of drug-likeness (QED) is 0.593. The van der Waals surface area contributed by atoms with Crippen molar-refractivity contribution in [2.24, 2.45) is 0 Å². The van der Waals surface area contributed by atoms with Crippen molar-refractivity contribution in [1.82, 2.24) is 4.90 Å². The Balaban J connectivity index is 3.07. The van der Waals surface area contributed by atoms with Crippen LogP contribution in [-0.2, 0) is 11.3 Å². The Bertz CT molecular complexity index is 459. The van der Waals surface area contributed by atoms with Gasteiger partial charge in [-0.05, 0) is 13.0 Å². The van der Waals surface area contributed by atoms with Crippen LogP contribution in [0.4, 0.5) is 5.69 Å². The van der Waals surface area contributed by atoms with Gasteiger partial charge in [0, 0.05) is 37.7 Å². The molecule has 0 unspecified atom stereocenters. The molecular weight excluding hydrogens is 236 g/mol. The minimum Gasteiger partial charge on any atom is -0.496 e. The number of benzene rings is 1. The van der Waals surface area contributed by atoms with Crippen LogP contribution in [-0.4, -0.2) is 29.4 Å². The lowest BCUT2D eigenvalue weighted by molar-refractivity contribution is -0.385. The van der Waals surface area contributed by atoms with Crippen molar-refractivity contribution in [3.8, 4) is 5.75 Å². The van der Waals surface area contributed by atoms with E-state index in [1.807, 2.05) is 6.92 Å². The summed E-state index contributed by atoms with van der Waals surface area (Å²) < 4.78 is 5.14. The Labute approximate surface area is 105 Å². The molecule has 0 aliphatic heterocycles. The minimum absolute atomic E-state index is 0.00888. The lowest BCUT2D eigenvalue weighted by atomic mass is 10.1. The SMILES string of the molecule is CCN(Cc1cc([N+](=O)[O-])ccc1OC)C(C)=O. The van der Waals surface area contributed by atoms with Gasteiger partial charge in [-0.3, -0.25) is 14.9 Å².